The van der Waals surface area contributed by atoms with Crippen molar-refractivity contribution in [2.24, 2.45) is 34.5 Å². The molecule has 0 spiro atoms. The molecule has 2 saturated carbocycles. The summed E-state index contributed by atoms with van der Waals surface area (Å²) in [6, 6.07) is 0. The van der Waals surface area contributed by atoms with Gasteiger partial charge in [-0.2, -0.15) is 0 Å². The summed E-state index contributed by atoms with van der Waals surface area (Å²) in [6.07, 6.45) is 15.0. The molecule has 26 heavy (non-hydrogen) atoms. The van der Waals surface area contributed by atoms with Crippen LogP contribution in [0.5, 0.6) is 0 Å². The largest absolute Gasteiger partial charge is 0.463 e. The molecule has 0 N–H and O–H groups in total. The number of carbonyl (C=O) groups excluding carboxylic acids is 2. The lowest BCUT2D eigenvalue weighted by Gasteiger charge is -2.55. The first-order valence-electron chi connectivity index (χ1n) is 10.1. The maximum atomic E-state index is 11.8. The lowest BCUT2D eigenvalue weighted by Crippen LogP contribution is -2.49. The molecule has 3 nitrogen and oxygen atoms in total. The SMILES string of the molecule is CC(=O)O[C@H](C)[C@H]1CC[C@H]2[C@@H]3C=CC4=CC(=O)C=C[C@]4(C)[C@H]3CC[C@]12C. The average Bonchev–Trinajstić information content (AvgIpc) is 2.92. The second kappa shape index (κ2) is 5.94. The van der Waals surface area contributed by atoms with Crippen molar-refractivity contribution in [3.05, 3.63) is 36.0 Å². The number of fused-ring (bicyclic) bond motifs is 5. The molecule has 140 valence electrons. The molecule has 7 atom stereocenters. The fourth-order valence-corrected chi connectivity index (χ4v) is 6.81. The summed E-state index contributed by atoms with van der Waals surface area (Å²) >= 11 is 0. The fraction of sp³-hybridized carbons (Fsp3) is 0.652. The smallest absolute Gasteiger partial charge is 0.302 e. The lowest BCUT2D eigenvalue weighted by molar-refractivity contribution is -0.151. The van der Waals surface area contributed by atoms with Crippen LogP contribution in [0.1, 0.15) is 53.4 Å². The monoisotopic (exact) mass is 354 g/mol. The van der Waals surface area contributed by atoms with Crippen LogP contribution in [0.2, 0.25) is 0 Å². The lowest BCUT2D eigenvalue weighted by atomic mass is 9.49. The molecule has 0 saturated heterocycles. The Morgan fingerprint density at radius 3 is 2.69 bits per heavy atom. The van der Waals surface area contributed by atoms with Gasteiger partial charge in [-0.25, -0.2) is 0 Å². The van der Waals surface area contributed by atoms with E-state index in [1.165, 1.54) is 25.3 Å². The minimum absolute atomic E-state index is 0.00939. The maximum absolute atomic E-state index is 11.8. The molecule has 0 unspecified atom stereocenters. The van der Waals surface area contributed by atoms with Crippen LogP contribution < -0.4 is 0 Å². The molecule has 2 fully saturated rings. The van der Waals surface area contributed by atoms with Gasteiger partial charge in [0.25, 0.3) is 0 Å². The summed E-state index contributed by atoms with van der Waals surface area (Å²) in [5.41, 5.74) is 1.39. The van der Waals surface area contributed by atoms with Crippen LogP contribution >= 0.6 is 0 Å². The Balaban J connectivity index is 1.65. The predicted molar refractivity (Wildman–Crippen MR) is 101 cm³/mol. The van der Waals surface area contributed by atoms with Crippen LogP contribution in [0.4, 0.5) is 0 Å². The van der Waals surface area contributed by atoms with E-state index in [0.29, 0.717) is 23.7 Å². The molecule has 0 amide bonds. The normalized spacial score (nSPS) is 44.6. The topological polar surface area (TPSA) is 43.4 Å². The molecular formula is C23H30O3. The van der Waals surface area contributed by atoms with E-state index >= 15 is 0 Å². The molecule has 0 aliphatic heterocycles. The molecule has 3 heteroatoms. The Labute approximate surface area is 156 Å². The second-order valence-corrected chi connectivity index (χ2v) is 9.31. The summed E-state index contributed by atoms with van der Waals surface area (Å²) in [5.74, 6) is 2.11. The molecule has 4 aliphatic rings. The summed E-state index contributed by atoms with van der Waals surface area (Å²) in [5, 5.41) is 0. The molecule has 0 radical (unpaired) electrons. The van der Waals surface area contributed by atoms with E-state index in [4.69, 9.17) is 4.74 Å². The van der Waals surface area contributed by atoms with Crippen LogP contribution in [0, 0.1) is 34.5 Å². The quantitative estimate of drug-likeness (QED) is 0.679. The van der Waals surface area contributed by atoms with Crippen molar-refractivity contribution in [3.8, 4) is 0 Å². The minimum Gasteiger partial charge on any atom is -0.463 e. The van der Waals surface area contributed by atoms with Crippen molar-refractivity contribution in [1.29, 1.82) is 0 Å². The highest BCUT2D eigenvalue weighted by molar-refractivity contribution is 6.01. The molecular weight excluding hydrogens is 324 g/mol. The fourth-order valence-electron chi connectivity index (χ4n) is 6.81. The number of ether oxygens (including phenoxy) is 1. The van der Waals surface area contributed by atoms with Crippen LogP contribution in [0.25, 0.3) is 0 Å². The van der Waals surface area contributed by atoms with E-state index in [-0.39, 0.29) is 28.7 Å². The number of hydrogen-bond donors (Lipinski definition) is 0. The van der Waals surface area contributed by atoms with Crippen molar-refractivity contribution in [1.82, 2.24) is 0 Å². The van der Waals surface area contributed by atoms with Gasteiger partial charge in [-0.3, -0.25) is 9.59 Å². The zero-order chi connectivity index (χ0) is 18.7. The maximum Gasteiger partial charge on any atom is 0.302 e. The second-order valence-electron chi connectivity index (χ2n) is 9.31. The van der Waals surface area contributed by atoms with E-state index < -0.39 is 0 Å². The Hall–Kier alpha value is -1.64. The molecule has 0 bridgehead atoms. The molecule has 0 aromatic heterocycles. The molecule has 0 aromatic rings. The molecule has 0 aromatic carbocycles. The molecule has 0 heterocycles. The highest BCUT2D eigenvalue weighted by Gasteiger charge is 2.58. The number of carbonyl (C=O) groups is 2. The van der Waals surface area contributed by atoms with Gasteiger partial charge in [-0.05, 0) is 73.5 Å². The van der Waals surface area contributed by atoms with Gasteiger partial charge in [0.05, 0.1) is 0 Å². The first kappa shape index (κ1) is 17.8. The number of ketones is 1. The van der Waals surface area contributed by atoms with Gasteiger partial charge in [0.1, 0.15) is 6.10 Å². The standard InChI is InChI=1S/C23H30O3/c1-14(26-15(2)24)19-7-8-20-18-6-5-16-13-17(25)9-11-22(16,3)21(18)10-12-23(19,20)4/h5-6,9,11,13-14,18-21H,7-8,10,12H2,1-4H3/t14-,18+,19-,20+,21+,22+,23-/m1/s1. The Morgan fingerprint density at radius 2 is 1.96 bits per heavy atom. The third kappa shape index (κ3) is 2.46. The van der Waals surface area contributed by atoms with E-state index in [0.717, 1.165) is 12.8 Å². The van der Waals surface area contributed by atoms with Crippen LogP contribution in [0.3, 0.4) is 0 Å². The molecule has 4 aliphatic carbocycles. The predicted octanol–water partition coefficient (Wildman–Crippen LogP) is 4.64. The Morgan fingerprint density at radius 1 is 1.19 bits per heavy atom. The van der Waals surface area contributed by atoms with Crippen molar-refractivity contribution in [3.63, 3.8) is 0 Å². The Bertz CT molecular complexity index is 730. The summed E-state index contributed by atoms with van der Waals surface area (Å²) in [4.78, 5) is 23.3. The van der Waals surface area contributed by atoms with E-state index in [2.05, 4.69) is 39.0 Å². The zero-order valence-corrected chi connectivity index (χ0v) is 16.3. The summed E-state index contributed by atoms with van der Waals surface area (Å²) in [6.45, 7) is 8.31. The number of rotatable bonds is 2. The minimum atomic E-state index is -0.171. The first-order valence-corrected chi connectivity index (χ1v) is 10.1. The first-order chi connectivity index (χ1) is 12.3. The van der Waals surface area contributed by atoms with Gasteiger partial charge in [0.15, 0.2) is 5.78 Å². The number of hydrogen-bond acceptors (Lipinski definition) is 3. The van der Waals surface area contributed by atoms with Gasteiger partial charge in [-0.15, -0.1) is 0 Å². The van der Waals surface area contributed by atoms with Gasteiger partial charge in [-0.1, -0.05) is 32.1 Å². The van der Waals surface area contributed by atoms with Gasteiger partial charge < -0.3 is 4.74 Å². The van der Waals surface area contributed by atoms with Gasteiger partial charge in [0, 0.05) is 18.3 Å². The van der Waals surface area contributed by atoms with Crippen molar-refractivity contribution >= 4 is 11.8 Å². The summed E-state index contributed by atoms with van der Waals surface area (Å²) < 4.78 is 5.59. The third-order valence-corrected chi connectivity index (χ3v) is 8.11. The Kier molecular flexibility index (Phi) is 4.05. The highest BCUT2D eigenvalue weighted by atomic mass is 16.5. The van der Waals surface area contributed by atoms with Crippen molar-refractivity contribution < 1.29 is 14.3 Å². The van der Waals surface area contributed by atoms with Gasteiger partial charge in [0.2, 0.25) is 0 Å². The van der Waals surface area contributed by atoms with Gasteiger partial charge >= 0.3 is 5.97 Å². The molecule has 4 rings (SSSR count). The van der Waals surface area contributed by atoms with Crippen molar-refractivity contribution in [2.45, 2.75) is 59.5 Å². The van der Waals surface area contributed by atoms with Crippen molar-refractivity contribution in [2.75, 3.05) is 0 Å². The van der Waals surface area contributed by atoms with E-state index in [1.54, 1.807) is 6.08 Å². The average molecular weight is 354 g/mol. The summed E-state index contributed by atoms with van der Waals surface area (Å²) in [7, 11) is 0. The zero-order valence-electron chi connectivity index (χ0n) is 16.3. The highest BCUT2D eigenvalue weighted by Crippen LogP contribution is 2.65. The van der Waals surface area contributed by atoms with Crippen LogP contribution in [-0.2, 0) is 14.3 Å². The third-order valence-electron chi connectivity index (χ3n) is 8.11. The van der Waals surface area contributed by atoms with E-state index in [9.17, 15) is 9.59 Å². The van der Waals surface area contributed by atoms with Crippen LogP contribution in [0.15, 0.2) is 36.0 Å². The number of allylic oxidation sites excluding steroid dienone is 6. The van der Waals surface area contributed by atoms with E-state index in [1.807, 2.05) is 6.08 Å². The van der Waals surface area contributed by atoms with Crippen LogP contribution in [-0.4, -0.2) is 17.9 Å². The number of esters is 1.